The van der Waals surface area contributed by atoms with Crippen LogP contribution in [0.5, 0.6) is 11.5 Å². The Labute approximate surface area is 188 Å². The van der Waals surface area contributed by atoms with Gasteiger partial charge in [-0.15, -0.1) is 0 Å². The first kappa shape index (κ1) is 21.6. The number of nitro groups is 1. The van der Waals surface area contributed by atoms with Crippen LogP contribution in [0.1, 0.15) is 26.4 Å². The van der Waals surface area contributed by atoms with Crippen LogP contribution in [0.25, 0.3) is 10.9 Å². The first-order valence-corrected chi connectivity index (χ1v) is 10.00. The third-order valence-corrected chi connectivity index (χ3v) is 4.86. The molecule has 4 aromatic rings. The lowest BCUT2D eigenvalue weighted by Crippen LogP contribution is -2.15. The number of rotatable bonds is 7. The number of carbonyl (C=O) groups excluding carboxylic acids is 2. The van der Waals surface area contributed by atoms with Crippen molar-refractivity contribution in [1.29, 1.82) is 0 Å². The molecule has 0 aliphatic heterocycles. The van der Waals surface area contributed by atoms with E-state index in [1.54, 1.807) is 43.3 Å². The van der Waals surface area contributed by atoms with E-state index in [1.807, 2.05) is 18.2 Å². The Kier molecular flexibility index (Phi) is 6.08. The Hall–Kier alpha value is -4.59. The lowest BCUT2D eigenvalue weighted by molar-refractivity contribution is -0.384. The SMILES string of the molecule is Cc1cc(C(=O)OCC(=O)c2ccc(Oc3ccc([N+](=O)[O-])cc3)cc2)c2ccccc2n1. The molecule has 8 nitrogen and oxygen atoms in total. The van der Waals surface area contributed by atoms with Gasteiger partial charge in [0, 0.05) is 28.8 Å². The van der Waals surface area contributed by atoms with Gasteiger partial charge in [-0.3, -0.25) is 19.9 Å². The van der Waals surface area contributed by atoms with Crippen LogP contribution in [0.2, 0.25) is 0 Å². The van der Waals surface area contributed by atoms with Crippen LogP contribution in [-0.2, 0) is 4.74 Å². The summed E-state index contributed by atoms with van der Waals surface area (Å²) in [6.07, 6.45) is 0. The molecule has 0 amide bonds. The van der Waals surface area contributed by atoms with Crippen LogP contribution in [0.4, 0.5) is 5.69 Å². The number of benzene rings is 3. The van der Waals surface area contributed by atoms with Gasteiger partial charge in [0.2, 0.25) is 0 Å². The summed E-state index contributed by atoms with van der Waals surface area (Å²) in [5.74, 6) is -0.0758. The number of para-hydroxylation sites is 1. The number of hydrogen-bond donors (Lipinski definition) is 0. The first-order chi connectivity index (χ1) is 15.9. The van der Waals surface area contributed by atoms with Gasteiger partial charge in [0.15, 0.2) is 12.4 Å². The van der Waals surface area contributed by atoms with Crippen molar-refractivity contribution < 1.29 is 24.0 Å². The summed E-state index contributed by atoms with van der Waals surface area (Å²) in [7, 11) is 0. The van der Waals surface area contributed by atoms with Crippen molar-refractivity contribution in [2.45, 2.75) is 6.92 Å². The highest BCUT2D eigenvalue weighted by Crippen LogP contribution is 2.24. The number of aryl methyl sites for hydroxylation is 1. The number of aromatic nitrogens is 1. The fourth-order valence-electron chi connectivity index (χ4n) is 3.25. The van der Waals surface area contributed by atoms with Gasteiger partial charge in [0.1, 0.15) is 11.5 Å². The monoisotopic (exact) mass is 442 g/mol. The maximum absolute atomic E-state index is 12.6. The third-order valence-electron chi connectivity index (χ3n) is 4.86. The highest BCUT2D eigenvalue weighted by molar-refractivity contribution is 6.05. The van der Waals surface area contributed by atoms with Crippen LogP contribution < -0.4 is 4.74 Å². The second kappa shape index (κ2) is 9.27. The average molecular weight is 442 g/mol. The minimum atomic E-state index is -0.594. The minimum Gasteiger partial charge on any atom is -0.457 e. The number of fused-ring (bicyclic) bond motifs is 1. The molecule has 164 valence electrons. The van der Waals surface area contributed by atoms with E-state index in [9.17, 15) is 19.7 Å². The Balaban J connectivity index is 1.39. The van der Waals surface area contributed by atoms with Crippen LogP contribution in [0.15, 0.2) is 78.9 Å². The van der Waals surface area contributed by atoms with Crippen LogP contribution in [0, 0.1) is 17.0 Å². The van der Waals surface area contributed by atoms with Crippen molar-refractivity contribution in [1.82, 2.24) is 4.98 Å². The average Bonchev–Trinajstić information content (AvgIpc) is 2.82. The lowest BCUT2D eigenvalue weighted by Gasteiger charge is -2.09. The van der Waals surface area contributed by atoms with E-state index in [2.05, 4.69) is 4.98 Å². The zero-order valence-corrected chi connectivity index (χ0v) is 17.6. The molecule has 0 saturated heterocycles. The number of ether oxygens (including phenoxy) is 2. The Morgan fingerprint density at radius 3 is 2.24 bits per heavy atom. The molecule has 0 bridgehead atoms. The fourth-order valence-corrected chi connectivity index (χ4v) is 3.25. The van der Waals surface area contributed by atoms with Gasteiger partial charge >= 0.3 is 5.97 Å². The normalized spacial score (nSPS) is 10.6. The van der Waals surface area contributed by atoms with Crippen molar-refractivity contribution in [2.75, 3.05) is 6.61 Å². The van der Waals surface area contributed by atoms with Gasteiger partial charge in [-0.2, -0.15) is 0 Å². The molecule has 0 aliphatic carbocycles. The second-order valence-corrected chi connectivity index (χ2v) is 7.21. The molecule has 1 aromatic heterocycles. The zero-order chi connectivity index (χ0) is 23.4. The van der Waals surface area contributed by atoms with Crippen molar-refractivity contribution in [3.05, 3.63) is 106 Å². The zero-order valence-electron chi connectivity index (χ0n) is 17.6. The lowest BCUT2D eigenvalue weighted by atomic mass is 10.1. The van der Waals surface area contributed by atoms with Gasteiger partial charge in [0.05, 0.1) is 16.0 Å². The second-order valence-electron chi connectivity index (χ2n) is 7.21. The molecule has 0 atom stereocenters. The van der Waals surface area contributed by atoms with Crippen LogP contribution in [0.3, 0.4) is 0 Å². The topological polar surface area (TPSA) is 109 Å². The summed E-state index contributed by atoms with van der Waals surface area (Å²) in [5.41, 5.74) is 2.04. The van der Waals surface area contributed by atoms with Crippen molar-refractivity contribution in [3.8, 4) is 11.5 Å². The van der Waals surface area contributed by atoms with E-state index in [0.29, 0.717) is 39.2 Å². The predicted molar refractivity (Wildman–Crippen MR) is 121 cm³/mol. The molecule has 4 rings (SSSR count). The largest absolute Gasteiger partial charge is 0.457 e. The van der Waals surface area contributed by atoms with Crippen molar-refractivity contribution in [2.24, 2.45) is 0 Å². The Morgan fingerprint density at radius 1 is 0.939 bits per heavy atom. The van der Waals surface area contributed by atoms with E-state index in [0.717, 1.165) is 0 Å². The summed E-state index contributed by atoms with van der Waals surface area (Å²) < 4.78 is 10.9. The first-order valence-electron chi connectivity index (χ1n) is 10.00. The highest BCUT2D eigenvalue weighted by atomic mass is 16.6. The number of carbonyl (C=O) groups is 2. The summed E-state index contributed by atoms with van der Waals surface area (Å²) in [6.45, 7) is 1.38. The Bertz CT molecular complexity index is 1350. The quantitative estimate of drug-likeness (QED) is 0.166. The standard InChI is InChI=1S/C25H18N2O6/c1-16-14-22(21-4-2-3-5-23(21)26-16)25(29)32-15-24(28)17-6-10-19(11-7-17)33-20-12-8-18(9-13-20)27(30)31/h2-14H,15H2,1H3. The molecular formula is C25H18N2O6. The molecule has 33 heavy (non-hydrogen) atoms. The van der Waals surface area contributed by atoms with Gasteiger partial charge in [-0.1, -0.05) is 18.2 Å². The molecule has 0 N–H and O–H groups in total. The van der Waals surface area contributed by atoms with E-state index in [4.69, 9.17) is 9.47 Å². The Morgan fingerprint density at radius 2 is 1.58 bits per heavy atom. The predicted octanol–water partition coefficient (Wildman–Crippen LogP) is 5.28. The molecule has 3 aromatic carbocycles. The van der Waals surface area contributed by atoms with Crippen molar-refractivity contribution >= 4 is 28.3 Å². The summed E-state index contributed by atoms with van der Waals surface area (Å²) in [4.78, 5) is 39.7. The maximum atomic E-state index is 12.6. The van der Waals surface area contributed by atoms with Crippen molar-refractivity contribution in [3.63, 3.8) is 0 Å². The smallest absolute Gasteiger partial charge is 0.339 e. The van der Waals surface area contributed by atoms with Crippen LogP contribution >= 0.6 is 0 Å². The van der Waals surface area contributed by atoms with E-state index in [1.165, 1.54) is 24.3 Å². The van der Waals surface area contributed by atoms with E-state index in [-0.39, 0.29) is 11.5 Å². The molecule has 0 saturated carbocycles. The summed E-state index contributed by atoms with van der Waals surface area (Å²) in [6, 6.07) is 20.8. The van der Waals surface area contributed by atoms with Gasteiger partial charge in [-0.05, 0) is 55.5 Å². The summed E-state index contributed by atoms with van der Waals surface area (Å²) in [5, 5.41) is 11.4. The maximum Gasteiger partial charge on any atom is 0.339 e. The minimum absolute atomic E-state index is 0.0345. The molecule has 0 spiro atoms. The number of pyridine rings is 1. The molecule has 1 heterocycles. The van der Waals surface area contributed by atoms with Gasteiger partial charge in [-0.25, -0.2) is 4.79 Å². The van der Waals surface area contributed by atoms with E-state index < -0.39 is 17.5 Å². The highest BCUT2D eigenvalue weighted by Gasteiger charge is 2.16. The number of ketones is 1. The van der Waals surface area contributed by atoms with Crippen LogP contribution in [-0.4, -0.2) is 28.3 Å². The van der Waals surface area contributed by atoms with E-state index >= 15 is 0 Å². The molecule has 8 heteroatoms. The number of nitro benzene ring substituents is 1. The van der Waals surface area contributed by atoms with Gasteiger partial charge < -0.3 is 9.47 Å². The van der Waals surface area contributed by atoms with Gasteiger partial charge in [0.25, 0.3) is 5.69 Å². The number of esters is 1. The number of nitrogens with zero attached hydrogens (tertiary/aromatic N) is 2. The third kappa shape index (κ3) is 5.01. The molecule has 0 unspecified atom stereocenters. The number of non-ortho nitro benzene ring substituents is 1. The molecule has 0 radical (unpaired) electrons. The number of hydrogen-bond acceptors (Lipinski definition) is 7. The molecule has 0 fully saturated rings. The fraction of sp³-hybridized carbons (Fsp3) is 0.0800. The molecular weight excluding hydrogens is 424 g/mol. The summed E-state index contributed by atoms with van der Waals surface area (Å²) >= 11 is 0. The number of Topliss-reactive ketones (excluding diaryl/α,β-unsaturated/α-hetero) is 1. The molecule has 0 aliphatic rings.